The van der Waals surface area contributed by atoms with E-state index < -0.39 is 0 Å². The van der Waals surface area contributed by atoms with Crippen molar-refractivity contribution in [2.75, 3.05) is 0 Å². The maximum Gasteiger partial charge on any atom is -0.0303 e. The minimum atomic E-state index is 0.378. The highest BCUT2D eigenvalue weighted by atomic mass is 14.4. The molecule has 0 aromatic heterocycles. The zero-order valence-corrected chi connectivity index (χ0v) is 8.83. The average Bonchev–Trinajstić information content (AvgIpc) is 1.87. The lowest BCUT2D eigenvalue weighted by atomic mass is 9.64. The van der Waals surface area contributed by atoms with Gasteiger partial charge in [0.15, 0.2) is 0 Å². The first-order chi connectivity index (χ1) is 4.87. The van der Waals surface area contributed by atoms with Crippen molar-refractivity contribution in [1.29, 1.82) is 0 Å². The van der Waals surface area contributed by atoms with Gasteiger partial charge in [0.2, 0.25) is 0 Å². The Bertz CT molecular complexity index is 109. The van der Waals surface area contributed by atoms with E-state index in [0.717, 1.165) is 6.42 Å². The molecule has 0 fully saturated rings. The number of hydrogen-bond acceptors (Lipinski definition) is 0. The summed E-state index contributed by atoms with van der Waals surface area (Å²) in [5.74, 6) is 0. The average molecular weight is 155 g/mol. The Morgan fingerprint density at radius 1 is 1.00 bits per heavy atom. The molecule has 0 nitrogen and oxygen atoms in total. The van der Waals surface area contributed by atoms with Crippen LogP contribution in [0.5, 0.6) is 0 Å². The molecule has 0 aliphatic carbocycles. The SMILES string of the molecule is [CH2]CC(C)(C)C(C)(C)CCC. The maximum absolute atomic E-state index is 4.01. The van der Waals surface area contributed by atoms with Crippen molar-refractivity contribution in [3.63, 3.8) is 0 Å². The Morgan fingerprint density at radius 3 is 1.73 bits per heavy atom. The third kappa shape index (κ3) is 2.50. The van der Waals surface area contributed by atoms with Crippen LogP contribution >= 0.6 is 0 Å². The third-order valence-corrected chi connectivity index (χ3v) is 3.33. The fourth-order valence-corrected chi connectivity index (χ4v) is 1.30. The summed E-state index contributed by atoms with van der Waals surface area (Å²) < 4.78 is 0. The molecule has 0 amide bonds. The van der Waals surface area contributed by atoms with E-state index in [4.69, 9.17) is 0 Å². The summed E-state index contributed by atoms with van der Waals surface area (Å²) in [7, 11) is 0. The Hall–Kier alpha value is 0. The number of hydrogen-bond donors (Lipinski definition) is 0. The van der Waals surface area contributed by atoms with Crippen LogP contribution in [0.15, 0.2) is 0 Å². The summed E-state index contributed by atoms with van der Waals surface area (Å²) >= 11 is 0. The van der Waals surface area contributed by atoms with E-state index >= 15 is 0 Å². The molecule has 0 atom stereocenters. The molecule has 0 aromatic carbocycles. The number of rotatable bonds is 4. The topological polar surface area (TPSA) is 0 Å². The highest BCUT2D eigenvalue weighted by Crippen LogP contribution is 2.44. The van der Waals surface area contributed by atoms with Crippen molar-refractivity contribution in [1.82, 2.24) is 0 Å². The first-order valence-corrected chi connectivity index (χ1v) is 4.66. The van der Waals surface area contributed by atoms with Gasteiger partial charge >= 0.3 is 0 Å². The Morgan fingerprint density at radius 2 is 1.45 bits per heavy atom. The van der Waals surface area contributed by atoms with Crippen LogP contribution in [-0.4, -0.2) is 0 Å². The van der Waals surface area contributed by atoms with Gasteiger partial charge in [0, 0.05) is 0 Å². The standard InChI is InChI=1S/C11H23/c1-7-9-11(5,6)10(3,4)8-2/h2,7-9H2,1,3-6H3. The highest BCUT2D eigenvalue weighted by molar-refractivity contribution is 4.85. The monoisotopic (exact) mass is 155 g/mol. The predicted octanol–water partition coefficient (Wildman–Crippen LogP) is 4.06. The second kappa shape index (κ2) is 3.60. The van der Waals surface area contributed by atoms with Gasteiger partial charge in [-0.15, -0.1) is 0 Å². The normalized spacial score (nSPS) is 13.6. The van der Waals surface area contributed by atoms with Crippen LogP contribution < -0.4 is 0 Å². The van der Waals surface area contributed by atoms with Gasteiger partial charge in [0.25, 0.3) is 0 Å². The molecule has 0 rings (SSSR count). The molecule has 0 aliphatic rings. The molecule has 0 aliphatic heterocycles. The van der Waals surface area contributed by atoms with Crippen molar-refractivity contribution >= 4 is 0 Å². The molecular formula is C11H23. The maximum atomic E-state index is 4.01. The van der Waals surface area contributed by atoms with Gasteiger partial charge in [-0.1, -0.05) is 48.0 Å². The molecule has 67 valence electrons. The van der Waals surface area contributed by atoms with Gasteiger partial charge in [0.1, 0.15) is 0 Å². The zero-order chi connectivity index (χ0) is 9.12. The molecule has 0 saturated heterocycles. The highest BCUT2D eigenvalue weighted by Gasteiger charge is 2.33. The Balaban J connectivity index is 4.26. The van der Waals surface area contributed by atoms with Crippen LogP contribution in [0.1, 0.15) is 53.9 Å². The summed E-state index contributed by atoms with van der Waals surface area (Å²) in [6, 6.07) is 0. The van der Waals surface area contributed by atoms with Crippen LogP contribution in [0.4, 0.5) is 0 Å². The molecular weight excluding hydrogens is 132 g/mol. The molecule has 0 N–H and O–H groups in total. The van der Waals surface area contributed by atoms with Crippen molar-refractivity contribution < 1.29 is 0 Å². The van der Waals surface area contributed by atoms with Crippen LogP contribution in [0.3, 0.4) is 0 Å². The first-order valence-electron chi connectivity index (χ1n) is 4.66. The molecule has 0 heteroatoms. The van der Waals surface area contributed by atoms with Gasteiger partial charge in [0.05, 0.1) is 0 Å². The minimum absolute atomic E-state index is 0.378. The molecule has 0 saturated carbocycles. The van der Waals surface area contributed by atoms with Crippen LogP contribution in [0.2, 0.25) is 0 Å². The minimum Gasteiger partial charge on any atom is -0.0654 e. The Kier molecular flexibility index (Phi) is 3.60. The summed E-state index contributed by atoms with van der Waals surface area (Å²) in [6.45, 7) is 15.6. The van der Waals surface area contributed by atoms with Crippen molar-refractivity contribution in [3.05, 3.63) is 6.92 Å². The summed E-state index contributed by atoms with van der Waals surface area (Å²) in [5, 5.41) is 0. The van der Waals surface area contributed by atoms with Gasteiger partial charge < -0.3 is 0 Å². The van der Waals surface area contributed by atoms with E-state index in [9.17, 15) is 0 Å². The molecule has 1 radical (unpaired) electrons. The Labute approximate surface area is 72.4 Å². The van der Waals surface area contributed by atoms with Crippen molar-refractivity contribution in [2.45, 2.75) is 53.9 Å². The van der Waals surface area contributed by atoms with Gasteiger partial charge in [-0.05, 0) is 23.7 Å². The second-order valence-electron chi connectivity index (χ2n) is 4.77. The lowest BCUT2D eigenvalue weighted by Crippen LogP contribution is -2.31. The second-order valence-corrected chi connectivity index (χ2v) is 4.77. The van der Waals surface area contributed by atoms with Crippen molar-refractivity contribution in [3.8, 4) is 0 Å². The van der Waals surface area contributed by atoms with Gasteiger partial charge in [-0.25, -0.2) is 0 Å². The largest absolute Gasteiger partial charge is 0.0654 e. The van der Waals surface area contributed by atoms with E-state index in [1.54, 1.807) is 0 Å². The van der Waals surface area contributed by atoms with Gasteiger partial charge in [-0.2, -0.15) is 0 Å². The molecule has 0 bridgehead atoms. The van der Waals surface area contributed by atoms with Crippen LogP contribution in [-0.2, 0) is 0 Å². The zero-order valence-electron chi connectivity index (χ0n) is 8.83. The first kappa shape index (κ1) is 11.0. The predicted molar refractivity (Wildman–Crippen MR) is 52.4 cm³/mol. The third-order valence-electron chi connectivity index (χ3n) is 3.33. The van der Waals surface area contributed by atoms with E-state index in [2.05, 4.69) is 41.5 Å². The lowest BCUT2D eigenvalue weighted by Gasteiger charge is -2.41. The molecule has 0 unspecified atom stereocenters. The van der Waals surface area contributed by atoms with E-state index in [1.165, 1.54) is 12.8 Å². The van der Waals surface area contributed by atoms with Crippen molar-refractivity contribution in [2.24, 2.45) is 10.8 Å². The molecule has 0 heterocycles. The smallest absolute Gasteiger partial charge is 0.0303 e. The van der Waals surface area contributed by atoms with Crippen LogP contribution in [0, 0.1) is 17.8 Å². The summed E-state index contributed by atoms with van der Waals surface area (Å²) in [5.41, 5.74) is 0.812. The van der Waals surface area contributed by atoms with Gasteiger partial charge in [-0.3, -0.25) is 0 Å². The summed E-state index contributed by atoms with van der Waals surface area (Å²) in [6.07, 6.45) is 3.60. The van der Waals surface area contributed by atoms with E-state index in [1.807, 2.05) is 0 Å². The summed E-state index contributed by atoms with van der Waals surface area (Å²) in [4.78, 5) is 0. The lowest BCUT2D eigenvalue weighted by molar-refractivity contribution is 0.0998. The van der Waals surface area contributed by atoms with E-state index in [0.29, 0.717) is 10.8 Å². The molecule has 11 heavy (non-hydrogen) atoms. The van der Waals surface area contributed by atoms with E-state index in [-0.39, 0.29) is 0 Å². The fourth-order valence-electron chi connectivity index (χ4n) is 1.30. The molecule has 0 aromatic rings. The fraction of sp³-hybridized carbons (Fsp3) is 0.909. The quantitative estimate of drug-likeness (QED) is 0.574. The van der Waals surface area contributed by atoms with Crippen LogP contribution in [0.25, 0.3) is 0 Å². The molecule has 0 spiro atoms.